The second kappa shape index (κ2) is 5.15. The number of aromatic nitrogens is 1. The third-order valence-corrected chi connectivity index (χ3v) is 4.23. The number of fused-ring (bicyclic) bond motifs is 4. The van der Waals surface area contributed by atoms with Crippen LogP contribution in [0.5, 0.6) is 11.5 Å². The van der Waals surface area contributed by atoms with Gasteiger partial charge in [-0.3, -0.25) is 4.79 Å². The number of carboxylic acid groups (broad SMARTS) is 1. The molecule has 2 aliphatic rings. The van der Waals surface area contributed by atoms with Crippen molar-refractivity contribution in [2.75, 3.05) is 13.2 Å². The molecule has 2 aromatic rings. The van der Waals surface area contributed by atoms with E-state index in [0.29, 0.717) is 25.5 Å². The molecule has 0 unspecified atom stereocenters. The second-order valence-electron chi connectivity index (χ2n) is 5.69. The van der Waals surface area contributed by atoms with Gasteiger partial charge in [-0.25, -0.2) is 4.79 Å². The number of rotatable bonds is 1. The Morgan fingerprint density at radius 3 is 2.61 bits per heavy atom. The van der Waals surface area contributed by atoms with Crippen molar-refractivity contribution < 1.29 is 19.4 Å². The summed E-state index contributed by atoms with van der Waals surface area (Å²) in [6.07, 6.45) is 3.00. The zero-order valence-corrected chi connectivity index (χ0v) is 12.4. The maximum absolute atomic E-state index is 12.0. The van der Waals surface area contributed by atoms with Crippen LogP contribution in [0.4, 0.5) is 0 Å². The lowest BCUT2D eigenvalue weighted by molar-refractivity contribution is 0.0694. The Morgan fingerprint density at radius 2 is 1.87 bits per heavy atom. The molecule has 0 bridgehead atoms. The predicted octanol–water partition coefficient (Wildman–Crippen LogP) is 1.93. The molecule has 0 saturated heterocycles. The number of nitrogens with zero attached hydrogens (tertiary/aromatic N) is 1. The minimum Gasteiger partial charge on any atom is -0.490 e. The Bertz CT molecular complexity index is 868. The number of ether oxygens (including phenoxy) is 2. The third-order valence-electron chi connectivity index (χ3n) is 4.23. The van der Waals surface area contributed by atoms with Gasteiger partial charge in [0.05, 0.1) is 18.9 Å². The Labute approximate surface area is 131 Å². The van der Waals surface area contributed by atoms with Crippen molar-refractivity contribution in [3.63, 3.8) is 0 Å². The first kappa shape index (κ1) is 13.9. The largest absolute Gasteiger partial charge is 0.490 e. The molecule has 0 atom stereocenters. The molecule has 6 nitrogen and oxygen atoms in total. The van der Waals surface area contributed by atoms with Crippen LogP contribution < -0.4 is 14.9 Å². The molecule has 2 aliphatic heterocycles. The molecule has 0 aliphatic carbocycles. The highest BCUT2D eigenvalue weighted by molar-refractivity contribution is 5.87. The van der Waals surface area contributed by atoms with Gasteiger partial charge in [-0.15, -0.1) is 0 Å². The lowest BCUT2D eigenvalue weighted by Crippen LogP contribution is -2.21. The van der Waals surface area contributed by atoms with Crippen LogP contribution in [-0.2, 0) is 13.0 Å². The number of carboxylic acids is 1. The van der Waals surface area contributed by atoms with E-state index in [-0.39, 0.29) is 5.56 Å². The Morgan fingerprint density at radius 1 is 1.13 bits per heavy atom. The molecule has 6 heteroatoms. The lowest BCUT2D eigenvalue weighted by atomic mass is 9.96. The summed E-state index contributed by atoms with van der Waals surface area (Å²) >= 11 is 0. The van der Waals surface area contributed by atoms with Crippen LogP contribution in [0.3, 0.4) is 0 Å². The van der Waals surface area contributed by atoms with E-state index in [0.717, 1.165) is 35.4 Å². The van der Waals surface area contributed by atoms with E-state index in [1.807, 2.05) is 16.7 Å². The summed E-state index contributed by atoms with van der Waals surface area (Å²) in [5.74, 6) is 0.207. The maximum Gasteiger partial charge on any atom is 0.341 e. The van der Waals surface area contributed by atoms with Gasteiger partial charge >= 0.3 is 5.97 Å². The summed E-state index contributed by atoms with van der Waals surface area (Å²) in [6, 6.07) is 5.25. The van der Waals surface area contributed by atoms with Crippen LogP contribution in [0.1, 0.15) is 22.3 Å². The number of hydrogen-bond donors (Lipinski definition) is 1. The average Bonchev–Trinajstić information content (AvgIpc) is 2.77. The lowest BCUT2D eigenvalue weighted by Gasteiger charge is -2.24. The van der Waals surface area contributed by atoms with Gasteiger partial charge in [0, 0.05) is 30.8 Å². The predicted molar refractivity (Wildman–Crippen MR) is 82.4 cm³/mol. The number of hydrogen-bond acceptors (Lipinski definition) is 4. The molecule has 118 valence electrons. The normalized spacial score (nSPS) is 15.3. The summed E-state index contributed by atoms with van der Waals surface area (Å²) < 4.78 is 13.2. The molecule has 0 fully saturated rings. The number of pyridine rings is 1. The van der Waals surface area contributed by atoms with E-state index >= 15 is 0 Å². The van der Waals surface area contributed by atoms with E-state index in [9.17, 15) is 9.59 Å². The zero-order valence-electron chi connectivity index (χ0n) is 12.4. The van der Waals surface area contributed by atoms with Crippen molar-refractivity contribution in [2.24, 2.45) is 0 Å². The molecule has 3 heterocycles. The molecule has 4 rings (SSSR count). The second-order valence-corrected chi connectivity index (χ2v) is 5.69. The standard InChI is InChI=1S/C17H15NO5/c19-14-8-13-11-7-16-15(22-4-1-5-23-16)6-10(11)2-3-18(13)9-12(14)17(20)21/h6-9H,1-5H2,(H,20,21). The fraction of sp³-hybridized carbons (Fsp3) is 0.294. The highest BCUT2D eigenvalue weighted by atomic mass is 16.5. The van der Waals surface area contributed by atoms with Gasteiger partial charge in [-0.05, 0) is 24.1 Å². The summed E-state index contributed by atoms with van der Waals surface area (Å²) in [6.45, 7) is 1.85. The topological polar surface area (TPSA) is 77.8 Å². The van der Waals surface area contributed by atoms with Crippen LogP contribution in [0.25, 0.3) is 11.3 Å². The van der Waals surface area contributed by atoms with Crippen molar-refractivity contribution in [1.82, 2.24) is 4.57 Å². The monoisotopic (exact) mass is 313 g/mol. The first-order valence-electron chi connectivity index (χ1n) is 7.54. The van der Waals surface area contributed by atoms with Crippen LogP contribution >= 0.6 is 0 Å². The molecule has 0 amide bonds. The Hall–Kier alpha value is -2.76. The molecule has 1 aromatic carbocycles. The Kier molecular flexibility index (Phi) is 3.11. The van der Waals surface area contributed by atoms with Crippen molar-refractivity contribution >= 4 is 5.97 Å². The smallest absolute Gasteiger partial charge is 0.341 e. The minimum absolute atomic E-state index is 0.202. The number of aromatic carboxylic acids is 1. The van der Waals surface area contributed by atoms with Crippen molar-refractivity contribution in [3.05, 3.63) is 45.7 Å². The van der Waals surface area contributed by atoms with Crippen LogP contribution in [0.15, 0.2) is 29.2 Å². The van der Waals surface area contributed by atoms with Gasteiger partial charge in [-0.1, -0.05) is 0 Å². The molecular formula is C17H15NO5. The fourth-order valence-electron chi connectivity index (χ4n) is 3.09. The summed E-state index contributed by atoms with van der Waals surface area (Å²) in [5, 5.41) is 9.10. The summed E-state index contributed by atoms with van der Waals surface area (Å²) in [5.41, 5.74) is 2.01. The van der Waals surface area contributed by atoms with Gasteiger partial charge in [0.1, 0.15) is 5.56 Å². The molecule has 1 N–H and O–H groups in total. The van der Waals surface area contributed by atoms with Gasteiger partial charge in [0.25, 0.3) is 0 Å². The molecule has 0 spiro atoms. The zero-order chi connectivity index (χ0) is 16.0. The van der Waals surface area contributed by atoms with Crippen molar-refractivity contribution in [3.8, 4) is 22.8 Å². The van der Waals surface area contributed by atoms with E-state index in [2.05, 4.69) is 0 Å². The van der Waals surface area contributed by atoms with Gasteiger partial charge < -0.3 is 19.1 Å². The van der Waals surface area contributed by atoms with E-state index in [1.165, 1.54) is 12.3 Å². The summed E-state index contributed by atoms with van der Waals surface area (Å²) in [7, 11) is 0. The van der Waals surface area contributed by atoms with E-state index in [4.69, 9.17) is 14.6 Å². The molecule has 1 aromatic heterocycles. The van der Waals surface area contributed by atoms with E-state index in [1.54, 1.807) is 0 Å². The van der Waals surface area contributed by atoms with Crippen molar-refractivity contribution in [1.29, 1.82) is 0 Å². The fourth-order valence-corrected chi connectivity index (χ4v) is 3.09. The number of carbonyl (C=O) groups is 1. The van der Waals surface area contributed by atoms with Crippen LogP contribution in [-0.4, -0.2) is 28.9 Å². The molecule has 0 saturated carbocycles. The molecule has 23 heavy (non-hydrogen) atoms. The molecule has 0 radical (unpaired) electrons. The van der Waals surface area contributed by atoms with E-state index < -0.39 is 11.4 Å². The number of benzene rings is 1. The number of aryl methyl sites for hydroxylation is 2. The van der Waals surface area contributed by atoms with Gasteiger partial charge in [0.2, 0.25) is 0 Å². The highest BCUT2D eigenvalue weighted by Gasteiger charge is 2.22. The maximum atomic E-state index is 12.0. The summed E-state index contributed by atoms with van der Waals surface area (Å²) in [4.78, 5) is 23.2. The highest BCUT2D eigenvalue weighted by Crippen LogP contribution is 2.39. The molecular weight excluding hydrogens is 298 g/mol. The third kappa shape index (κ3) is 2.27. The quantitative estimate of drug-likeness (QED) is 0.870. The SMILES string of the molecule is O=C(O)c1cn2c(cc1=O)-c1cc3c(cc1CC2)OCCCO3. The first-order chi connectivity index (χ1) is 11.1. The average molecular weight is 313 g/mol. The first-order valence-corrected chi connectivity index (χ1v) is 7.54. The van der Waals surface area contributed by atoms with Crippen LogP contribution in [0, 0.1) is 0 Å². The van der Waals surface area contributed by atoms with Gasteiger partial charge in [-0.2, -0.15) is 0 Å². The minimum atomic E-state index is -1.20. The van der Waals surface area contributed by atoms with Crippen molar-refractivity contribution in [2.45, 2.75) is 19.4 Å². The Balaban J connectivity index is 1.89. The van der Waals surface area contributed by atoms with Gasteiger partial charge in [0.15, 0.2) is 16.9 Å². The van der Waals surface area contributed by atoms with Crippen LogP contribution in [0.2, 0.25) is 0 Å².